The summed E-state index contributed by atoms with van der Waals surface area (Å²) in [6.45, 7) is 4.19. The van der Waals surface area contributed by atoms with Crippen molar-refractivity contribution in [2.45, 2.75) is 44.2 Å². The predicted octanol–water partition coefficient (Wildman–Crippen LogP) is 1.56. The number of rotatable bonds is 2. The average Bonchev–Trinajstić information content (AvgIpc) is 2.93. The summed E-state index contributed by atoms with van der Waals surface area (Å²) in [6, 6.07) is 0.587. The molecule has 0 bridgehead atoms. The molecule has 0 aliphatic carbocycles. The highest BCUT2D eigenvalue weighted by molar-refractivity contribution is 7.07. The fourth-order valence-corrected chi connectivity index (χ4v) is 4.10. The number of nitrogens with zero attached hydrogens (tertiary/aromatic N) is 4. The summed E-state index contributed by atoms with van der Waals surface area (Å²) in [5, 5.41) is 3.94. The van der Waals surface area contributed by atoms with Crippen molar-refractivity contribution in [3.63, 3.8) is 0 Å². The Morgan fingerprint density at radius 2 is 2.14 bits per heavy atom. The number of ether oxygens (including phenoxy) is 1. The SMILES string of the molecule is Cc1nnsc1C(=O)N1CCC2(CC1)CC(N(C)C)CCO2. The van der Waals surface area contributed by atoms with E-state index in [2.05, 4.69) is 28.6 Å². The van der Waals surface area contributed by atoms with Crippen molar-refractivity contribution in [3.05, 3.63) is 10.6 Å². The minimum atomic E-state index is -0.0367. The summed E-state index contributed by atoms with van der Waals surface area (Å²) in [5.41, 5.74) is 0.696. The van der Waals surface area contributed by atoms with Gasteiger partial charge in [-0.3, -0.25) is 4.79 Å². The third kappa shape index (κ3) is 3.02. The maximum atomic E-state index is 12.5. The number of hydrogen-bond donors (Lipinski definition) is 0. The lowest BCUT2D eigenvalue weighted by Gasteiger charge is -2.47. The number of carbonyl (C=O) groups is 1. The van der Waals surface area contributed by atoms with Gasteiger partial charge in [0.2, 0.25) is 0 Å². The minimum absolute atomic E-state index is 0.0367. The third-order valence-corrected chi connectivity index (χ3v) is 5.82. The van der Waals surface area contributed by atoms with Crippen LogP contribution in [0.15, 0.2) is 0 Å². The number of likely N-dealkylation sites (tertiary alicyclic amines) is 1. The molecule has 1 amide bonds. The molecule has 0 saturated carbocycles. The number of aromatic nitrogens is 2. The molecule has 0 aromatic carbocycles. The summed E-state index contributed by atoms with van der Waals surface area (Å²) in [5.74, 6) is 0.0716. The highest BCUT2D eigenvalue weighted by Gasteiger charge is 2.42. The zero-order valence-electron chi connectivity index (χ0n) is 13.5. The van der Waals surface area contributed by atoms with Crippen LogP contribution in [0.2, 0.25) is 0 Å². The molecule has 2 aliphatic rings. The van der Waals surface area contributed by atoms with Gasteiger partial charge in [-0.1, -0.05) is 4.49 Å². The number of aryl methyl sites for hydroxylation is 1. The van der Waals surface area contributed by atoms with Crippen molar-refractivity contribution in [2.75, 3.05) is 33.8 Å². The Bertz CT molecular complexity index is 537. The zero-order valence-corrected chi connectivity index (χ0v) is 14.4. The molecule has 7 heteroatoms. The van der Waals surface area contributed by atoms with Gasteiger partial charge in [-0.2, -0.15) is 0 Å². The van der Waals surface area contributed by atoms with Crippen LogP contribution in [0.4, 0.5) is 0 Å². The molecular formula is C15H24N4O2S. The lowest BCUT2D eigenvalue weighted by molar-refractivity contribution is -0.125. The molecule has 1 aromatic rings. The minimum Gasteiger partial charge on any atom is -0.375 e. The van der Waals surface area contributed by atoms with Crippen LogP contribution >= 0.6 is 11.5 Å². The maximum Gasteiger partial charge on any atom is 0.267 e. The van der Waals surface area contributed by atoms with Crippen LogP contribution in [-0.2, 0) is 4.74 Å². The first-order chi connectivity index (χ1) is 10.5. The highest BCUT2D eigenvalue weighted by Crippen LogP contribution is 2.36. The Labute approximate surface area is 135 Å². The Kier molecular flexibility index (Phi) is 4.47. The van der Waals surface area contributed by atoms with Gasteiger partial charge in [0.05, 0.1) is 11.3 Å². The van der Waals surface area contributed by atoms with Crippen LogP contribution in [0.1, 0.15) is 41.0 Å². The van der Waals surface area contributed by atoms with E-state index >= 15 is 0 Å². The number of piperidine rings is 1. The van der Waals surface area contributed by atoms with Crippen molar-refractivity contribution in [3.8, 4) is 0 Å². The normalized spacial score (nSPS) is 24.9. The summed E-state index contributed by atoms with van der Waals surface area (Å²) < 4.78 is 10.0. The smallest absolute Gasteiger partial charge is 0.267 e. The van der Waals surface area contributed by atoms with E-state index in [1.54, 1.807) is 0 Å². The van der Waals surface area contributed by atoms with Crippen LogP contribution in [0.5, 0.6) is 0 Å². The molecule has 0 radical (unpaired) electrons. The van der Waals surface area contributed by atoms with Crippen LogP contribution in [-0.4, -0.2) is 70.7 Å². The largest absolute Gasteiger partial charge is 0.375 e. The molecule has 1 unspecified atom stereocenters. The fourth-order valence-electron chi connectivity index (χ4n) is 3.48. The molecule has 1 spiro atoms. The van der Waals surface area contributed by atoms with Crippen molar-refractivity contribution < 1.29 is 9.53 Å². The van der Waals surface area contributed by atoms with E-state index < -0.39 is 0 Å². The first-order valence-corrected chi connectivity index (χ1v) is 8.67. The molecule has 2 aliphatic heterocycles. The second kappa shape index (κ2) is 6.22. The Morgan fingerprint density at radius 1 is 1.41 bits per heavy atom. The molecule has 3 rings (SSSR count). The van der Waals surface area contributed by atoms with Gasteiger partial charge in [-0.25, -0.2) is 0 Å². The summed E-state index contributed by atoms with van der Waals surface area (Å²) in [4.78, 5) is 17.4. The molecule has 122 valence electrons. The van der Waals surface area contributed by atoms with Gasteiger partial charge in [0.15, 0.2) is 0 Å². The Morgan fingerprint density at radius 3 is 2.73 bits per heavy atom. The number of amides is 1. The fraction of sp³-hybridized carbons (Fsp3) is 0.800. The third-order valence-electron chi connectivity index (χ3n) is 5.00. The van der Waals surface area contributed by atoms with Crippen molar-refractivity contribution >= 4 is 17.4 Å². The number of hydrogen-bond acceptors (Lipinski definition) is 6. The van der Waals surface area contributed by atoms with E-state index in [0.29, 0.717) is 10.9 Å². The lowest BCUT2D eigenvalue weighted by Crippen LogP contribution is -2.53. The van der Waals surface area contributed by atoms with Crippen molar-refractivity contribution in [2.24, 2.45) is 0 Å². The van der Waals surface area contributed by atoms with Gasteiger partial charge < -0.3 is 14.5 Å². The van der Waals surface area contributed by atoms with Crippen LogP contribution in [0.25, 0.3) is 0 Å². The highest BCUT2D eigenvalue weighted by atomic mass is 32.1. The summed E-state index contributed by atoms with van der Waals surface area (Å²) in [6.07, 6.45) is 4.02. The topological polar surface area (TPSA) is 58.6 Å². The van der Waals surface area contributed by atoms with Crippen LogP contribution in [0, 0.1) is 6.92 Å². The monoisotopic (exact) mass is 324 g/mol. The van der Waals surface area contributed by atoms with Gasteiger partial charge >= 0.3 is 0 Å². The van der Waals surface area contributed by atoms with E-state index in [1.165, 1.54) is 11.5 Å². The molecular weight excluding hydrogens is 300 g/mol. The zero-order chi connectivity index (χ0) is 15.7. The van der Waals surface area contributed by atoms with Gasteiger partial charge in [-0.05, 0) is 58.2 Å². The molecule has 3 heterocycles. The van der Waals surface area contributed by atoms with Gasteiger partial charge in [0, 0.05) is 25.7 Å². The lowest BCUT2D eigenvalue weighted by atomic mass is 9.82. The molecule has 6 nitrogen and oxygen atoms in total. The second-order valence-corrected chi connectivity index (χ2v) is 7.38. The molecule has 22 heavy (non-hydrogen) atoms. The second-order valence-electron chi connectivity index (χ2n) is 6.62. The van der Waals surface area contributed by atoms with Crippen molar-refractivity contribution in [1.82, 2.24) is 19.4 Å². The molecule has 1 aromatic heterocycles. The molecule has 2 saturated heterocycles. The van der Waals surface area contributed by atoms with E-state index in [0.717, 1.165) is 51.1 Å². The summed E-state index contributed by atoms with van der Waals surface area (Å²) >= 11 is 1.19. The van der Waals surface area contributed by atoms with E-state index in [9.17, 15) is 4.79 Å². The van der Waals surface area contributed by atoms with Gasteiger partial charge in [-0.15, -0.1) is 5.10 Å². The van der Waals surface area contributed by atoms with Crippen molar-refractivity contribution in [1.29, 1.82) is 0 Å². The Hall–Kier alpha value is -1.05. The Balaban J connectivity index is 1.63. The first-order valence-electron chi connectivity index (χ1n) is 7.89. The molecule has 0 N–H and O–H groups in total. The van der Waals surface area contributed by atoms with E-state index in [-0.39, 0.29) is 11.5 Å². The molecule has 2 fully saturated rings. The predicted molar refractivity (Wildman–Crippen MR) is 85.2 cm³/mol. The standard InChI is InChI=1S/C15H24N4O2S/c1-11-13(22-17-16-11)14(20)19-7-5-15(6-8-19)10-12(18(2)3)4-9-21-15/h12H,4-10H2,1-3H3. The average molecular weight is 324 g/mol. The summed E-state index contributed by atoms with van der Waals surface area (Å²) in [7, 11) is 4.28. The van der Waals surface area contributed by atoms with Crippen LogP contribution < -0.4 is 0 Å². The quantitative estimate of drug-likeness (QED) is 0.826. The van der Waals surface area contributed by atoms with Gasteiger partial charge in [0.25, 0.3) is 5.91 Å². The van der Waals surface area contributed by atoms with Gasteiger partial charge in [0.1, 0.15) is 4.88 Å². The first kappa shape index (κ1) is 15.8. The molecule has 1 atom stereocenters. The van der Waals surface area contributed by atoms with E-state index in [1.807, 2.05) is 11.8 Å². The maximum absolute atomic E-state index is 12.5. The van der Waals surface area contributed by atoms with Crippen LogP contribution in [0.3, 0.4) is 0 Å². The number of carbonyl (C=O) groups excluding carboxylic acids is 1. The van der Waals surface area contributed by atoms with E-state index in [4.69, 9.17) is 4.74 Å².